The minimum Gasteiger partial charge on any atom is -0.456 e. The number of thiophene rings is 1. The highest BCUT2D eigenvalue weighted by molar-refractivity contribution is 7.25. The number of para-hydroxylation sites is 1. The Morgan fingerprint density at radius 2 is 1.40 bits per heavy atom. The second kappa shape index (κ2) is 12.8. The van der Waals surface area contributed by atoms with Crippen LogP contribution in [0.1, 0.15) is 40.5 Å². The van der Waals surface area contributed by atoms with Crippen LogP contribution in [0.5, 0.6) is 0 Å². The molecular formula is C51H34N4OS. The summed E-state index contributed by atoms with van der Waals surface area (Å²) in [4.78, 5) is 10.2. The SMILES string of the molecule is C1=Cc2c(c3ccccc3n2-c2cccc3oc4ccc(-c5ccc6c(c5)sc5cccc(C7N=C(c8ccccc8)N=C(c8ccccc8)N7)c56)cc4c23)CC1. The van der Waals surface area contributed by atoms with Gasteiger partial charge in [0.25, 0.3) is 0 Å². The molecule has 3 aromatic heterocycles. The fourth-order valence-electron chi connectivity index (χ4n) is 8.95. The Balaban J connectivity index is 0.981. The molecule has 2 aliphatic rings. The molecule has 0 fully saturated rings. The van der Waals surface area contributed by atoms with Gasteiger partial charge in [-0.3, -0.25) is 0 Å². The number of allylic oxidation sites excluding steroid dienone is 1. The first-order valence-electron chi connectivity index (χ1n) is 19.5. The lowest BCUT2D eigenvalue weighted by molar-refractivity contribution is 0.669. The van der Waals surface area contributed by atoms with Crippen molar-refractivity contribution in [2.45, 2.75) is 19.0 Å². The minimum absolute atomic E-state index is 0.307. The van der Waals surface area contributed by atoms with E-state index in [0.717, 1.165) is 74.4 Å². The second-order valence-corrected chi connectivity index (χ2v) is 15.9. The molecule has 10 aromatic rings. The van der Waals surface area contributed by atoms with Crippen molar-refractivity contribution in [1.29, 1.82) is 0 Å². The molecule has 5 nitrogen and oxygen atoms in total. The van der Waals surface area contributed by atoms with Crippen molar-refractivity contribution in [3.63, 3.8) is 0 Å². The first-order chi connectivity index (χ1) is 28.2. The molecular weight excluding hydrogens is 717 g/mol. The van der Waals surface area contributed by atoms with Crippen molar-refractivity contribution in [2.24, 2.45) is 9.98 Å². The van der Waals surface area contributed by atoms with Crippen LogP contribution in [0.3, 0.4) is 0 Å². The summed E-state index contributed by atoms with van der Waals surface area (Å²) in [7, 11) is 0. The van der Waals surface area contributed by atoms with Gasteiger partial charge in [0.15, 0.2) is 5.84 Å². The van der Waals surface area contributed by atoms with Crippen LogP contribution in [0.15, 0.2) is 178 Å². The van der Waals surface area contributed by atoms with Crippen LogP contribution in [0, 0.1) is 0 Å². The number of nitrogens with zero attached hydrogens (tertiary/aromatic N) is 3. The monoisotopic (exact) mass is 750 g/mol. The van der Waals surface area contributed by atoms with Crippen LogP contribution in [0.4, 0.5) is 0 Å². The Bertz CT molecular complexity index is 3330. The van der Waals surface area contributed by atoms with Gasteiger partial charge in [-0.05, 0) is 78.1 Å². The number of aliphatic imine (C=N–C) groups is 2. The number of benzene rings is 7. The van der Waals surface area contributed by atoms with Crippen LogP contribution >= 0.6 is 11.3 Å². The third kappa shape index (κ3) is 5.14. The molecule has 0 amide bonds. The molecule has 1 aliphatic heterocycles. The highest BCUT2D eigenvalue weighted by Gasteiger charge is 2.25. The fourth-order valence-corrected chi connectivity index (χ4v) is 10.1. The molecule has 4 heterocycles. The number of hydrogen-bond acceptors (Lipinski definition) is 5. The zero-order valence-corrected chi connectivity index (χ0v) is 31.6. The third-order valence-corrected chi connectivity index (χ3v) is 12.7. The Morgan fingerprint density at radius 3 is 2.30 bits per heavy atom. The topological polar surface area (TPSA) is 54.8 Å². The van der Waals surface area contributed by atoms with Crippen molar-refractivity contribution in [1.82, 2.24) is 9.88 Å². The number of rotatable bonds is 5. The summed E-state index contributed by atoms with van der Waals surface area (Å²) in [5.74, 6) is 1.54. The number of amidine groups is 2. The van der Waals surface area contributed by atoms with Gasteiger partial charge in [0.1, 0.15) is 23.2 Å². The first kappa shape index (κ1) is 32.2. The maximum atomic E-state index is 6.54. The van der Waals surface area contributed by atoms with E-state index in [-0.39, 0.29) is 6.17 Å². The smallest absolute Gasteiger partial charge is 0.159 e. The second-order valence-electron chi connectivity index (χ2n) is 14.8. The summed E-state index contributed by atoms with van der Waals surface area (Å²) in [6.45, 7) is 0. The molecule has 1 unspecified atom stereocenters. The minimum atomic E-state index is -0.307. The summed E-state index contributed by atoms with van der Waals surface area (Å²) in [5.41, 5.74) is 12.4. The van der Waals surface area contributed by atoms with Gasteiger partial charge in [0, 0.05) is 53.3 Å². The number of furan rings is 1. The normalized spacial score (nSPS) is 15.3. The van der Waals surface area contributed by atoms with E-state index in [1.165, 1.54) is 47.9 Å². The molecule has 12 rings (SSSR count). The quantitative estimate of drug-likeness (QED) is 0.190. The van der Waals surface area contributed by atoms with Crippen LogP contribution in [0.2, 0.25) is 0 Å². The average Bonchev–Trinajstić information content (AvgIpc) is 3.96. The van der Waals surface area contributed by atoms with Crippen molar-refractivity contribution in [3.8, 4) is 16.8 Å². The molecule has 1 atom stereocenters. The van der Waals surface area contributed by atoms with E-state index in [1.54, 1.807) is 0 Å². The molecule has 57 heavy (non-hydrogen) atoms. The van der Waals surface area contributed by atoms with Crippen molar-refractivity contribution < 1.29 is 4.42 Å². The van der Waals surface area contributed by atoms with Crippen LogP contribution < -0.4 is 5.32 Å². The van der Waals surface area contributed by atoms with Crippen molar-refractivity contribution >= 4 is 82.1 Å². The Labute approximate surface area is 332 Å². The molecule has 7 aromatic carbocycles. The molecule has 6 heteroatoms. The van der Waals surface area contributed by atoms with Gasteiger partial charge in [-0.2, -0.15) is 0 Å². The molecule has 0 radical (unpaired) electrons. The Kier molecular flexibility index (Phi) is 7.22. The van der Waals surface area contributed by atoms with E-state index in [9.17, 15) is 0 Å². The predicted molar refractivity (Wildman–Crippen MR) is 238 cm³/mol. The van der Waals surface area contributed by atoms with Gasteiger partial charge in [0.2, 0.25) is 0 Å². The van der Waals surface area contributed by atoms with Gasteiger partial charge >= 0.3 is 0 Å². The highest BCUT2D eigenvalue weighted by Crippen LogP contribution is 2.43. The molecule has 0 saturated heterocycles. The average molecular weight is 751 g/mol. The number of aromatic nitrogens is 1. The summed E-state index contributed by atoms with van der Waals surface area (Å²) in [6, 6.07) is 55.9. The van der Waals surface area contributed by atoms with Gasteiger partial charge in [-0.1, -0.05) is 121 Å². The lowest BCUT2D eigenvalue weighted by Crippen LogP contribution is -2.33. The van der Waals surface area contributed by atoms with E-state index >= 15 is 0 Å². The third-order valence-electron chi connectivity index (χ3n) is 11.5. The zero-order valence-electron chi connectivity index (χ0n) is 30.8. The molecule has 1 N–H and O–H groups in total. The van der Waals surface area contributed by atoms with E-state index in [4.69, 9.17) is 14.4 Å². The molecule has 0 saturated carbocycles. The summed E-state index contributed by atoms with van der Waals surface area (Å²) in [6.07, 6.45) is 6.41. The van der Waals surface area contributed by atoms with Crippen LogP contribution in [-0.2, 0) is 6.42 Å². The molecule has 0 spiro atoms. The zero-order chi connectivity index (χ0) is 37.5. The highest BCUT2D eigenvalue weighted by atomic mass is 32.1. The number of aryl methyl sites for hydroxylation is 1. The first-order valence-corrected chi connectivity index (χ1v) is 20.3. The van der Waals surface area contributed by atoms with E-state index in [0.29, 0.717) is 0 Å². The van der Waals surface area contributed by atoms with E-state index in [1.807, 2.05) is 47.7 Å². The summed E-state index contributed by atoms with van der Waals surface area (Å²) >= 11 is 1.83. The molecule has 1 aliphatic carbocycles. The molecule has 270 valence electrons. The lowest BCUT2D eigenvalue weighted by Gasteiger charge is -2.24. The Hall–Kier alpha value is -7.02. The van der Waals surface area contributed by atoms with Crippen molar-refractivity contribution in [3.05, 3.63) is 192 Å². The molecule has 0 bridgehead atoms. The standard InChI is InChI=1S/C51H34N4OS/c1-3-13-31(14-4-1)49-52-50(32-15-5-2-6-16-32)54-51(53-49)38-19-11-24-45-47(38)37-27-25-34(30-46(37)57-45)33-26-28-43-39(29-33)48-42(22-12-23-44(48)56-43)55-40-20-9-7-17-35(40)36-18-8-10-21-41(36)55/h1-7,9-17,19-30,51H,8,18H2,(H,52,53,54). The Morgan fingerprint density at radius 1 is 0.614 bits per heavy atom. The van der Waals surface area contributed by atoms with Gasteiger partial charge in [-0.25, -0.2) is 9.98 Å². The van der Waals surface area contributed by atoms with E-state index in [2.05, 4.69) is 143 Å². The van der Waals surface area contributed by atoms with Crippen LogP contribution in [0.25, 0.3) is 75.9 Å². The number of fused-ring (bicyclic) bond motifs is 9. The number of nitrogens with one attached hydrogen (secondary N) is 1. The van der Waals surface area contributed by atoms with Gasteiger partial charge < -0.3 is 14.3 Å². The predicted octanol–water partition coefficient (Wildman–Crippen LogP) is 13.0. The summed E-state index contributed by atoms with van der Waals surface area (Å²) in [5, 5.41) is 9.73. The van der Waals surface area contributed by atoms with Gasteiger partial charge in [0.05, 0.1) is 16.6 Å². The lowest BCUT2D eigenvalue weighted by atomic mass is 9.99. The van der Waals surface area contributed by atoms with Gasteiger partial charge in [-0.15, -0.1) is 11.3 Å². The summed E-state index contributed by atoms with van der Waals surface area (Å²) < 4.78 is 11.5. The maximum absolute atomic E-state index is 6.54. The fraction of sp³-hybridized carbons (Fsp3) is 0.0588. The number of hydrogen-bond donors (Lipinski definition) is 1. The van der Waals surface area contributed by atoms with Crippen LogP contribution in [-0.4, -0.2) is 16.2 Å². The van der Waals surface area contributed by atoms with E-state index < -0.39 is 0 Å². The van der Waals surface area contributed by atoms with Crippen molar-refractivity contribution in [2.75, 3.05) is 0 Å². The maximum Gasteiger partial charge on any atom is 0.159 e. The largest absolute Gasteiger partial charge is 0.456 e.